The van der Waals surface area contributed by atoms with Crippen LogP contribution in [0.5, 0.6) is 5.75 Å². The van der Waals surface area contributed by atoms with E-state index in [-0.39, 0.29) is 18.1 Å². The molecule has 0 spiro atoms. The summed E-state index contributed by atoms with van der Waals surface area (Å²) in [6, 6.07) is 5.15. The van der Waals surface area contributed by atoms with Gasteiger partial charge in [-0.05, 0) is 43.5 Å². The first-order valence-electron chi connectivity index (χ1n) is 8.74. The Morgan fingerprint density at radius 3 is 2.92 bits per heavy atom. The number of aryl methyl sites for hydroxylation is 1. The fourth-order valence-electron chi connectivity index (χ4n) is 3.25. The quantitative estimate of drug-likeness (QED) is 0.824. The van der Waals surface area contributed by atoms with Crippen LogP contribution in [-0.4, -0.2) is 56.0 Å². The maximum Gasteiger partial charge on any atom is 0.246 e. The van der Waals surface area contributed by atoms with Gasteiger partial charge in [0.05, 0.1) is 17.9 Å². The molecule has 2 heterocycles. The van der Waals surface area contributed by atoms with Crippen LogP contribution in [0, 0.1) is 0 Å². The largest absolute Gasteiger partial charge is 0.486 e. The Balaban J connectivity index is 1.64. The van der Waals surface area contributed by atoms with Crippen LogP contribution in [0.3, 0.4) is 0 Å². The molecule has 2 aromatic rings. The molecule has 3 rings (SSSR count). The van der Waals surface area contributed by atoms with E-state index in [1.165, 1.54) is 6.08 Å². The van der Waals surface area contributed by atoms with E-state index in [0.29, 0.717) is 5.75 Å². The van der Waals surface area contributed by atoms with E-state index >= 15 is 0 Å². The van der Waals surface area contributed by atoms with Crippen molar-refractivity contribution in [3.05, 3.63) is 48.6 Å². The van der Waals surface area contributed by atoms with E-state index in [4.69, 9.17) is 4.74 Å². The zero-order valence-electron chi connectivity index (χ0n) is 15.0. The van der Waals surface area contributed by atoms with Crippen molar-refractivity contribution in [3.63, 3.8) is 0 Å². The molecule has 1 aliphatic carbocycles. The van der Waals surface area contributed by atoms with Crippen molar-refractivity contribution in [3.8, 4) is 5.75 Å². The Labute approximate surface area is 152 Å². The van der Waals surface area contributed by atoms with Gasteiger partial charge in [-0.1, -0.05) is 0 Å². The number of carbonyl (C=O) groups is 1. The highest BCUT2D eigenvalue weighted by Crippen LogP contribution is 2.27. The van der Waals surface area contributed by atoms with Crippen LogP contribution >= 0.6 is 0 Å². The molecular weight excluding hydrogens is 332 g/mol. The fraction of sp³-hybridized carbons (Fsp3) is 0.421. The van der Waals surface area contributed by atoms with Gasteiger partial charge in [-0.25, -0.2) is 0 Å². The molecule has 7 heteroatoms. The van der Waals surface area contributed by atoms with E-state index in [2.05, 4.69) is 10.1 Å². The standard InChI is InChI=1S/C19H24N4O3/c1-22(18(24)9-8-14-10-12-21-23(14)2)16-6-3-7-17(19(16)25)26-15-5-4-11-20-13-15/h4-5,8-13,16-17,19,25H,3,6-7H2,1-2H3/b9-8+/t16-,17-,19-/m1/s1. The maximum atomic E-state index is 12.5. The van der Waals surface area contributed by atoms with Crippen LogP contribution in [0.25, 0.3) is 6.08 Å². The molecule has 0 saturated heterocycles. The zero-order chi connectivity index (χ0) is 18.5. The van der Waals surface area contributed by atoms with Gasteiger partial charge in [-0.3, -0.25) is 14.5 Å². The Morgan fingerprint density at radius 2 is 2.23 bits per heavy atom. The summed E-state index contributed by atoms with van der Waals surface area (Å²) in [5.74, 6) is 0.472. The molecule has 1 amide bonds. The summed E-state index contributed by atoms with van der Waals surface area (Å²) in [4.78, 5) is 18.1. The second-order valence-electron chi connectivity index (χ2n) is 6.50. The number of pyridine rings is 1. The van der Waals surface area contributed by atoms with Crippen molar-refractivity contribution in [2.45, 2.75) is 37.5 Å². The monoisotopic (exact) mass is 356 g/mol. The summed E-state index contributed by atoms with van der Waals surface area (Å²) in [7, 11) is 3.54. The third-order valence-corrected chi connectivity index (χ3v) is 4.79. The van der Waals surface area contributed by atoms with E-state index < -0.39 is 6.10 Å². The number of amides is 1. The average Bonchev–Trinajstić information content (AvgIpc) is 3.06. The lowest BCUT2D eigenvalue weighted by Gasteiger charge is -2.39. The predicted molar refractivity (Wildman–Crippen MR) is 97.3 cm³/mol. The number of aliphatic hydroxyl groups excluding tert-OH is 1. The molecule has 0 unspecified atom stereocenters. The molecule has 0 radical (unpaired) electrons. The molecule has 0 aromatic carbocycles. The summed E-state index contributed by atoms with van der Waals surface area (Å²) in [5.41, 5.74) is 0.841. The highest BCUT2D eigenvalue weighted by molar-refractivity contribution is 5.91. The highest BCUT2D eigenvalue weighted by Gasteiger charge is 2.36. The van der Waals surface area contributed by atoms with Gasteiger partial charge in [0.25, 0.3) is 0 Å². The number of nitrogens with zero attached hydrogens (tertiary/aromatic N) is 4. The molecule has 1 saturated carbocycles. The van der Waals surface area contributed by atoms with Crippen molar-refractivity contribution >= 4 is 12.0 Å². The first kappa shape index (κ1) is 18.1. The molecule has 2 aromatic heterocycles. The van der Waals surface area contributed by atoms with Crippen molar-refractivity contribution < 1.29 is 14.6 Å². The zero-order valence-corrected chi connectivity index (χ0v) is 15.0. The van der Waals surface area contributed by atoms with E-state index in [0.717, 1.165) is 25.0 Å². The number of likely N-dealkylation sites (N-methyl/N-ethyl adjacent to an activating group) is 1. The highest BCUT2D eigenvalue weighted by atomic mass is 16.5. The maximum absolute atomic E-state index is 12.5. The van der Waals surface area contributed by atoms with Gasteiger partial charge in [0.2, 0.25) is 5.91 Å². The lowest BCUT2D eigenvalue weighted by atomic mass is 9.89. The Hall–Kier alpha value is -2.67. The lowest BCUT2D eigenvalue weighted by molar-refractivity contribution is -0.132. The number of rotatable bonds is 5. The summed E-state index contributed by atoms with van der Waals surface area (Å²) in [6.45, 7) is 0. The summed E-state index contributed by atoms with van der Waals surface area (Å²) < 4.78 is 7.57. The SMILES string of the molecule is CN(C(=O)/C=C/c1ccnn1C)[C@@H]1CCC[C@@H](Oc2cccnc2)[C@@H]1O. The number of aromatic nitrogens is 3. The number of aliphatic hydroxyl groups is 1. The molecule has 7 nitrogen and oxygen atoms in total. The first-order chi connectivity index (χ1) is 12.6. The van der Waals surface area contributed by atoms with Crippen molar-refractivity contribution in [1.82, 2.24) is 19.7 Å². The minimum atomic E-state index is -0.747. The minimum Gasteiger partial charge on any atom is -0.486 e. The molecule has 1 N–H and O–H groups in total. The van der Waals surface area contributed by atoms with Gasteiger partial charge >= 0.3 is 0 Å². The Morgan fingerprint density at radius 1 is 1.38 bits per heavy atom. The molecule has 1 fully saturated rings. The first-order valence-corrected chi connectivity index (χ1v) is 8.74. The van der Waals surface area contributed by atoms with Crippen molar-refractivity contribution in [1.29, 1.82) is 0 Å². The number of hydrogen-bond acceptors (Lipinski definition) is 5. The van der Waals surface area contributed by atoms with Crippen LogP contribution < -0.4 is 4.74 Å². The summed E-state index contributed by atoms with van der Waals surface area (Å²) in [6.07, 6.45) is 9.50. The second-order valence-corrected chi connectivity index (χ2v) is 6.50. The van der Waals surface area contributed by atoms with E-state index in [1.807, 2.05) is 19.2 Å². The summed E-state index contributed by atoms with van der Waals surface area (Å²) >= 11 is 0. The number of ether oxygens (including phenoxy) is 1. The van der Waals surface area contributed by atoms with Gasteiger partial charge < -0.3 is 14.7 Å². The lowest BCUT2D eigenvalue weighted by Crippen LogP contribution is -2.53. The normalized spacial score (nSPS) is 23.1. The predicted octanol–water partition coefficient (Wildman–Crippen LogP) is 1.65. The Bertz CT molecular complexity index is 759. The van der Waals surface area contributed by atoms with Crippen LogP contribution in [0.1, 0.15) is 25.0 Å². The number of carbonyl (C=O) groups excluding carboxylic acids is 1. The van der Waals surface area contributed by atoms with Crippen molar-refractivity contribution in [2.24, 2.45) is 7.05 Å². The molecule has 3 atom stereocenters. The van der Waals surface area contributed by atoms with Crippen molar-refractivity contribution in [2.75, 3.05) is 7.05 Å². The molecule has 0 bridgehead atoms. The topological polar surface area (TPSA) is 80.5 Å². The summed E-state index contributed by atoms with van der Waals surface area (Å²) in [5, 5.41) is 14.8. The Kier molecular flexibility index (Phi) is 5.68. The van der Waals surface area contributed by atoms with Crippen LogP contribution in [0.2, 0.25) is 0 Å². The van der Waals surface area contributed by atoms with Crippen LogP contribution in [0.4, 0.5) is 0 Å². The van der Waals surface area contributed by atoms with Gasteiger partial charge in [-0.2, -0.15) is 5.10 Å². The van der Waals surface area contributed by atoms with E-state index in [9.17, 15) is 9.90 Å². The van der Waals surface area contributed by atoms with Crippen LogP contribution in [-0.2, 0) is 11.8 Å². The second kappa shape index (κ2) is 8.14. The molecule has 1 aliphatic rings. The van der Waals surface area contributed by atoms with Gasteiger partial charge in [-0.15, -0.1) is 0 Å². The molecular formula is C19H24N4O3. The smallest absolute Gasteiger partial charge is 0.246 e. The molecule has 0 aliphatic heterocycles. The van der Waals surface area contributed by atoms with Gasteiger partial charge in [0.15, 0.2) is 0 Å². The third kappa shape index (κ3) is 4.11. The molecule has 26 heavy (non-hydrogen) atoms. The van der Waals surface area contributed by atoms with Gasteiger partial charge in [0.1, 0.15) is 18.0 Å². The molecule has 138 valence electrons. The van der Waals surface area contributed by atoms with E-state index in [1.54, 1.807) is 47.4 Å². The minimum absolute atomic E-state index is 0.155. The number of hydrogen-bond donors (Lipinski definition) is 1. The third-order valence-electron chi connectivity index (χ3n) is 4.79. The fourth-order valence-corrected chi connectivity index (χ4v) is 3.25. The van der Waals surface area contributed by atoms with Crippen LogP contribution in [0.15, 0.2) is 42.9 Å². The average molecular weight is 356 g/mol. The van der Waals surface area contributed by atoms with Gasteiger partial charge in [0, 0.05) is 32.6 Å².